The topological polar surface area (TPSA) is 94.3 Å². The number of amides is 1. The highest BCUT2D eigenvalue weighted by molar-refractivity contribution is 7.99. The van der Waals surface area contributed by atoms with Gasteiger partial charge in [-0.3, -0.25) is 4.79 Å². The fraction of sp³-hybridized carbons (Fsp3) is 0.333. The van der Waals surface area contributed by atoms with Crippen molar-refractivity contribution in [1.82, 2.24) is 10.2 Å². The summed E-state index contributed by atoms with van der Waals surface area (Å²) in [6, 6.07) is 14.7. The molecule has 32 heavy (non-hydrogen) atoms. The standard InChI is InChI=1S/C24H27N3O4S/c1-15(2)30-22(29)18-8-6-7-9-19(18)25-20(28)14-32-23-27-26-21(31-23)16-10-12-17(13-11-16)24(3,4)5/h6-13,15H,14H2,1-5H3,(H,25,28). The fourth-order valence-corrected chi connectivity index (χ4v) is 3.42. The molecule has 168 valence electrons. The molecule has 2 aromatic carbocycles. The van der Waals surface area contributed by atoms with Crippen LogP contribution in [0.2, 0.25) is 0 Å². The quantitative estimate of drug-likeness (QED) is 0.382. The van der Waals surface area contributed by atoms with Gasteiger partial charge in [-0.05, 0) is 49.1 Å². The number of para-hydroxylation sites is 1. The second kappa shape index (κ2) is 9.99. The van der Waals surface area contributed by atoms with Crippen LogP contribution in [-0.4, -0.2) is 33.9 Å². The van der Waals surface area contributed by atoms with Crippen molar-refractivity contribution in [2.24, 2.45) is 0 Å². The number of carbonyl (C=O) groups is 2. The van der Waals surface area contributed by atoms with Crippen LogP contribution in [0.4, 0.5) is 5.69 Å². The van der Waals surface area contributed by atoms with Crippen LogP contribution in [-0.2, 0) is 14.9 Å². The van der Waals surface area contributed by atoms with Gasteiger partial charge in [0.05, 0.1) is 23.1 Å². The van der Waals surface area contributed by atoms with E-state index in [1.165, 1.54) is 5.56 Å². The van der Waals surface area contributed by atoms with Crippen molar-refractivity contribution in [3.8, 4) is 11.5 Å². The Balaban J connectivity index is 1.60. The Labute approximate surface area is 192 Å². The van der Waals surface area contributed by atoms with E-state index >= 15 is 0 Å². The van der Waals surface area contributed by atoms with Gasteiger partial charge in [-0.2, -0.15) is 0 Å². The van der Waals surface area contributed by atoms with E-state index in [4.69, 9.17) is 9.15 Å². The number of esters is 1. The maximum Gasteiger partial charge on any atom is 0.340 e. The number of thioether (sulfide) groups is 1. The van der Waals surface area contributed by atoms with Crippen LogP contribution in [0.5, 0.6) is 0 Å². The van der Waals surface area contributed by atoms with Crippen LogP contribution in [0.3, 0.4) is 0 Å². The number of carbonyl (C=O) groups excluding carboxylic acids is 2. The number of hydrogen-bond donors (Lipinski definition) is 1. The van der Waals surface area contributed by atoms with Crippen molar-refractivity contribution in [2.45, 2.75) is 51.4 Å². The molecule has 0 bridgehead atoms. The number of nitrogens with zero attached hydrogens (tertiary/aromatic N) is 2. The Kier molecular flexibility index (Phi) is 7.35. The molecule has 0 aliphatic heterocycles. The number of hydrogen-bond acceptors (Lipinski definition) is 7. The van der Waals surface area contributed by atoms with Crippen molar-refractivity contribution in [2.75, 3.05) is 11.1 Å². The minimum atomic E-state index is -0.484. The van der Waals surface area contributed by atoms with E-state index in [1.54, 1.807) is 38.1 Å². The number of anilines is 1. The van der Waals surface area contributed by atoms with E-state index in [2.05, 4.69) is 36.3 Å². The second-order valence-corrected chi connectivity index (χ2v) is 9.46. The number of ether oxygens (including phenoxy) is 1. The third-order valence-corrected chi connectivity index (χ3v) is 5.31. The zero-order chi connectivity index (χ0) is 23.3. The SMILES string of the molecule is CC(C)OC(=O)c1ccccc1NC(=O)CSc1nnc(-c2ccc(C(C)(C)C)cc2)o1. The molecule has 0 aliphatic carbocycles. The number of aromatic nitrogens is 2. The molecule has 0 atom stereocenters. The zero-order valence-corrected chi connectivity index (χ0v) is 19.7. The summed E-state index contributed by atoms with van der Waals surface area (Å²) in [6.07, 6.45) is -0.252. The van der Waals surface area contributed by atoms with E-state index in [1.807, 2.05) is 24.3 Å². The molecule has 7 nitrogen and oxygen atoms in total. The summed E-state index contributed by atoms with van der Waals surface area (Å²) in [6.45, 7) is 10.0. The number of rotatable bonds is 7. The molecular formula is C24H27N3O4S. The average Bonchev–Trinajstić information content (AvgIpc) is 3.21. The molecule has 3 aromatic rings. The average molecular weight is 454 g/mol. The molecule has 0 spiro atoms. The molecular weight excluding hydrogens is 426 g/mol. The summed E-state index contributed by atoms with van der Waals surface area (Å²) < 4.78 is 10.9. The lowest BCUT2D eigenvalue weighted by Gasteiger charge is -2.18. The Morgan fingerprint density at radius 3 is 2.41 bits per heavy atom. The first-order chi connectivity index (χ1) is 15.1. The predicted octanol–water partition coefficient (Wildman–Crippen LogP) is 5.33. The Morgan fingerprint density at radius 1 is 1.06 bits per heavy atom. The Morgan fingerprint density at radius 2 is 1.75 bits per heavy atom. The lowest BCUT2D eigenvalue weighted by Crippen LogP contribution is -2.18. The van der Waals surface area contributed by atoms with Crippen LogP contribution in [0.1, 0.15) is 50.5 Å². The van der Waals surface area contributed by atoms with Gasteiger partial charge in [-0.1, -0.05) is 56.8 Å². The van der Waals surface area contributed by atoms with Crippen LogP contribution in [0.15, 0.2) is 58.2 Å². The van der Waals surface area contributed by atoms with Gasteiger partial charge in [0.25, 0.3) is 5.22 Å². The molecule has 0 saturated carbocycles. The molecule has 0 aliphatic rings. The minimum Gasteiger partial charge on any atom is -0.459 e. The Bertz CT molecular complexity index is 1090. The summed E-state index contributed by atoms with van der Waals surface area (Å²) in [5.41, 5.74) is 2.79. The third kappa shape index (κ3) is 6.20. The second-order valence-electron chi connectivity index (χ2n) is 8.54. The molecule has 1 amide bonds. The van der Waals surface area contributed by atoms with Crippen LogP contribution in [0.25, 0.3) is 11.5 Å². The Hall–Kier alpha value is -3.13. The van der Waals surface area contributed by atoms with Crippen LogP contribution < -0.4 is 5.32 Å². The van der Waals surface area contributed by atoms with Crippen molar-refractivity contribution >= 4 is 29.3 Å². The zero-order valence-electron chi connectivity index (χ0n) is 18.8. The van der Waals surface area contributed by atoms with Gasteiger partial charge in [-0.25, -0.2) is 4.79 Å². The van der Waals surface area contributed by atoms with Gasteiger partial charge >= 0.3 is 5.97 Å². The monoisotopic (exact) mass is 453 g/mol. The first-order valence-corrected chi connectivity index (χ1v) is 11.3. The molecule has 3 rings (SSSR count). The number of nitrogens with one attached hydrogen (secondary N) is 1. The minimum absolute atomic E-state index is 0.0537. The first-order valence-electron chi connectivity index (χ1n) is 10.3. The van der Waals surface area contributed by atoms with E-state index < -0.39 is 5.97 Å². The normalized spacial score (nSPS) is 11.4. The van der Waals surface area contributed by atoms with Gasteiger partial charge in [0, 0.05) is 5.56 Å². The van der Waals surface area contributed by atoms with E-state index in [0.29, 0.717) is 22.4 Å². The number of benzene rings is 2. The highest BCUT2D eigenvalue weighted by Crippen LogP contribution is 2.27. The molecule has 0 saturated heterocycles. The molecule has 1 N–H and O–H groups in total. The van der Waals surface area contributed by atoms with E-state index in [-0.39, 0.29) is 23.2 Å². The van der Waals surface area contributed by atoms with Crippen molar-refractivity contribution in [1.29, 1.82) is 0 Å². The highest BCUT2D eigenvalue weighted by atomic mass is 32.2. The maximum absolute atomic E-state index is 12.4. The van der Waals surface area contributed by atoms with Gasteiger partial charge in [-0.15, -0.1) is 10.2 Å². The van der Waals surface area contributed by atoms with Crippen molar-refractivity contribution in [3.05, 3.63) is 59.7 Å². The lowest BCUT2D eigenvalue weighted by atomic mass is 9.87. The van der Waals surface area contributed by atoms with Gasteiger partial charge in [0.1, 0.15) is 0 Å². The summed E-state index contributed by atoms with van der Waals surface area (Å²) in [5.74, 6) is -0.329. The smallest absolute Gasteiger partial charge is 0.340 e. The van der Waals surface area contributed by atoms with Gasteiger partial charge < -0.3 is 14.5 Å². The van der Waals surface area contributed by atoms with E-state index in [9.17, 15) is 9.59 Å². The van der Waals surface area contributed by atoms with E-state index in [0.717, 1.165) is 17.3 Å². The predicted molar refractivity (Wildman–Crippen MR) is 125 cm³/mol. The summed E-state index contributed by atoms with van der Waals surface area (Å²) >= 11 is 1.13. The third-order valence-electron chi connectivity index (χ3n) is 4.49. The first kappa shape index (κ1) is 23.5. The highest BCUT2D eigenvalue weighted by Gasteiger charge is 2.17. The van der Waals surface area contributed by atoms with Gasteiger partial charge in [0.15, 0.2) is 0 Å². The lowest BCUT2D eigenvalue weighted by molar-refractivity contribution is -0.113. The maximum atomic E-state index is 12.4. The molecule has 0 radical (unpaired) electrons. The summed E-state index contributed by atoms with van der Waals surface area (Å²) in [7, 11) is 0. The molecule has 1 aromatic heterocycles. The molecule has 0 fully saturated rings. The molecule has 8 heteroatoms. The molecule has 1 heterocycles. The summed E-state index contributed by atoms with van der Waals surface area (Å²) in [5, 5.41) is 11.1. The van der Waals surface area contributed by atoms with Crippen molar-refractivity contribution in [3.63, 3.8) is 0 Å². The molecule has 0 unspecified atom stereocenters. The van der Waals surface area contributed by atoms with Crippen molar-refractivity contribution < 1.29 is 18.7 Å². The van der Waals surface area contributed by atoms with Crippen LogP contribution >= 0.6 is 11.8 Å². The fourth-order valence-electron chi connectivity index (χ4n) is 2.86. The van der Waals surface area contributed by atoms with Gasteiger partial charge in [0.2, 0.25) is 11.8 Å². The summed E-state index contributed by atoms with van der Waals surface area (Å²) in [4.78, 5) is 24.7. The largest absolute Gasteiger partial charge is 0.459 e. The van der Waals surface area contributed by atoms with Crippen LogP contribution in [0, 0.1) is 0 Å².